The Hall–Kier alpha value is -4.79. The molecule has 2 aliphatic heterocycles. The maximum Gasteiger partial charge on any atom is 0.285 e. The van der Waals surface area contributed by atoms with Gasteiger partial charge < -0.3 is 20.7 Å². The first kappa shape index (κ1) is 29.7. The molecule has 43 heavy (non-hydrogen) atoms. The Balaban J connectivity index is 0.000000171. The van der Waals surface area contributed by atoms with Crippen molar-refractivity contribution in [1.82, 2.24) is 25.9 Å². The van der Waals surface area contributed by atoms with Crippen LogP contribution in [0, 0.1) is 19.7 Å². The predicted molar refractivity (Wildman–Crippen MR) is 169 cm³/mol. The molecule has 8 nitrogen and oxygen atoms in total. The van der Waals surface area contributed by atoms with E-state index in [0.717, 1.165) is 36.6 Å². The maximum absolute atomic E-state index is 13.5. The van der Waals surface area contributed by atoms with Crippen LogP contribution in [0.15, 0.2) is 102 Å². The summed E-state index contributed by atoms with van der Waals surface area (Å²) in [6.45, 7) is 7.46. The summed E-state index contributed by atoms with van der Waals surface area (Å²) in [4.78, 5) is 17.3. The molecule has 222 valence electrons. The topological polar surface area (TPSA) is 95.8 Å². The number of hydrogen-bond acceptors (Lipinski definition) is 6. The average molecular weight is 580 g/mol. The van der Waals surface area contributed by atoms with Gasteiger partial charge in [-0.2, -0.15) is 0 Å². The first-order valence-corrected chi connectivity index (χ1v) is 14.6. The molecule has 4 aromatic rings. The number of pyridine rings is 2. The molecule has 0 aliphatic carbocycles. The molecule has 4 heterocycles. The van der Waals surface area contributed by atoms with E-state index in [4.69, 9.17) is 9.73 Å². The molecule has 1 saturated heterocycles. The molecule has 0 spiro atoms. The SMILES string of the molecule is Cc1cccc(C(Cc2ccncc2)N=C2NCCN2)c1C.Fc1cccc(C(Cc2ccncc2)NC2=NCCO2)c1. The van der Waals surface area contributed by atoms with Crippen LogP contribution in [0.4, 0.5) is 4.39 Å². The highest BCUT2D eigenvalue weighted by Crippen LogP contribution is 2.27. The van der Waals surface area contributed by atoms with E-state index >= 15 is 0 Å². The fourth-order valence-corrected chi connectivity index (χ4v) is 5.08. The van der Waals surface area contributed by atoms with Gasteiger partial charge in [0.15, 0.2) is 5.96 Å². The number of guanidine groups is 1. The minimum atomic E-state index is -0.247. The van der Waals surface area contributed by atoms with Crippen molar-refractivity contribution in [3.63, 3.8) is 0 Å². The third kappa shape index (κ3) is 8.61. The monoisotopic (exact) mass is 579 g/mol. The average Bonchev–Trinajstić information content (AvgIpc) is 3.74. The molecule has 6 rings (SSSR count). The predicted octanol–water partition coefficient (Wildman–Crippen LogP) is 5.01. The summed E-state index contributed by atoms with van der Waals surface area (Å²) < 4.78 is 18.9. The number of amidine groups is 1. The lowest BCUT2D eigenvalue weighted by molar-refractivity contribution is 0.325. The molecular formula is C34H38FN7O. The van der Waals surface area contributed by atoms with Crippen molar-refractivity contribution in [2.24, 2.45) is 9.98 Å². The summed E-state index contributed by atoms with van der Waals surface area (Å²) >= 11 is 0. The fraction of sp³-hybridized carbons (Fsp3) is 0.294. The van der Waals surface area contributed by atoms with Crippen LogP contribution in [-0.2, 0) is 17.6 Å². The lowest BCUT2D eigenvalue weighted by atomic mass is 9.94. The summed E-state index contributed by atoms with van der Waals surface area (Å²) in [5, 5.41) is 9.86. The van der Waals surface area contributed by atoms with Gasteiger partial charge in [0.1, 0.15) is 12.4 Å². The molecule has 2 atom stereocenters. The maximum atomic E-state index is 13.5. The molecule has 0 radical (unpaired) electrons. The summed E-state index contributed by atoms with van der Waals surface area (Å²) in [7, 11) is 0. The van der Waals surface area contributed by atoms with Gasteiger partial charge in [-0.05, 0) is 96.5 Å². The van der Waals surface area contributed by atoms with Crippen LogP contribution in [0.5, 0.6) is 0 Å². The van der Waals surface area contributed by atoms with E-state index in [9.17, 15) is 4.39 Å². The van der Waals surface area contributed by atoms with Crippen molar-refractivity contribution in [2.75, 3.05) is 26.2 Å². The number of benzene rings is 2. The zero-order valence-electron chi connectivity index (χ0n) is 24.6. The van der Waals surface area contributed by atoms with Gasteiger partial charge in [-0.1, -0.05) is 30.3 Å². The third-order valence-electron chi connectivity index (χ3n) is 7.50. The van der Waals surface area contributed by atoms with E-state index in [1.54, 1.807) is 18.5 Å². The Morgan fingerprint density at radius 3 is 2.21 bits per heavy atom. The summed E-state index contributed by atoms with van der Waals surface area (Å²) in [5.74, 6) is 0.656. The van der Waals surface area contributed by atoms with Crippen molar-refractivity contribution >= 4 is 12.0 Å². The molecule has 2 unspecified atom stereocenters. The lowest BCUT2D eigenvalue weighted by Gasteiger charge is -2.20. The summed E-state index contributed by atoms with van der Waals surface area (Å²) in [6.07, 6.45) is 8.76. The first-order valence-electron chi connectivity index (χ1n) is 14.6. The highest BCUT2D eigenvalue weighted by atomic mass is 19.1. The van der Waals surface area contributed by atoms with E-state index < -0.39 is 0 Å². The third-order valence-corrected chi connectivity index (χ3v) is 7.50. The van der Waals surface area contributed by atoms with Crippen LogP contribution in [0.3, 0.4) is 0 Å². The standard InChI is InChI=1S/C18H22N4.C16H16FN3O/c1-13-4-3-5-16(14(13)2)17(22-18-20-10-11-21-18)12-15-6-8-19-9-7-15;17-14-3-1-2-13(11-14)15(20-16-19-8-9-21-16)10-12-4-6-18-7-5-12/h3-9,17H,10-12H2,1-2H3,(H2,20,21,22);1-7,11,15H,8-10H2,(H,19,20). The van der Waals surface area contributed by atoms with Crippen LogP contribution >= 0.6 is 0 Å². The molecule has 2 aliphatic rings. The van der Waals surface area contributed by atoms with Gasteiger partial charge >= 0.3 is 0 Å². The quantitative estimate of drug-likeness (QED) is 0.272. The fourth-order valence-electron chi connectivity index (χ4n) is 5.08. The van der Waals surface area contributed by atoms with Crippen LogP contribution < -0.4 is 16.0 Å². The zero-order valence-corrected chi connectivity index (χ0v) is 24.6. The summed E-state index contributed by atoms with van der Waals surface area (Å²) in [5.41, 5.74) is 7.16. The van der Waals surface area contributed by atoms with Gasteiger partial charge in [0, 0.05) is 37.9 Å². The minimum absolute atomic E-state index is 0.0973. The van der Waals surface area contributed by atoms with E-state index in [0.29, 0.717) is 25.6 Å². The van der Waals surface area contributed by atoms with Gasteiger partial charge in [-0.25, -0.2) is 14.4 Å². The molecule has 2 aromatic carbocycles. The second kappa shape index (κ2) is 14.9. The number of hydrogen-bond donors (Lipinski definition) is 3. The number of nitrogens with one attached hydrogen (secondary N) is 3. The number of ether oxygens (including phenoxy) is 1. The largest absolute Gasteiger partial charge is 0.463 e. The molecule has 0 saturated carbocycles. The van der Waals surface area contributed by atoms with Gasteiger partial charge in [0.2, 0.25) is 0 Å². The van der Waals surface area contributed by atoms with Crippen molar-refractivity contribution in [3.05, 3.63) is 131 Å². The van der Waals surface area contributed by atoms with Crippen LogP contribution in [0.25, 0.3) is 0 Å². The Morgan fingerprint density at radius 1 is 0.884 bits per heavy atom. The number of halogens is 1. The van der Waals surface area contributed by atoms with E-state index in [-0.39, 0.29) is 17.9 Å². The number of aryl methyl sites for hydroxylation is 1. The smallest absolute Gasteiger partial charge is 0.285 e. The molecule has 0 amide bonds. The van der Waals surface area contributed by atoms with E-state index in [1.807, 2.05) is 30.6 Å². The van der Waals surface area contributed by atoms with Gasteiger partial charge in [0.05, 0.1) is 18.6 Å². The number of nitrogens with zero attached hydrogens (tertiary/aromatic N) is 4. The van der Waals surface area contributed by atoms with Gasteiger partial charge in [-0.15, -0.1) is 0 Å². The van der Waals surface area contributed by atoms with Gasteiger partial charge in [-0.3, -0.25) is 9.97 Å². The Labute approximate surface area is 252 Å². The Bertz CT molecular complexity index is 1520. The highest BCUT2D eigenvalue weighted by molar-refractivity contribution is 5.81. The van der Waals surface area contributed by atoms with Crippen molar-refractivity contribution in [2.45, 2.75) is 38.8 Å². The summed E-state index contributed by atoms with van der Waals surface area (Å²) in [6, 6.07) is 21.6. The second-order valence-electron chi connectivity index (χ2n) is 10.5. The number of aliphatic imine (C=N–C) groups is 2. The lowest BCUT2D eigenvalue weighted by Crippen LogP contribution is -2.30. The highest BCUT2D eigenvalue weighted by Gasteiger charge is 2.19. The molecule has 2 aromatic heterocycles. The second-order valence-corrected chi connectivity index (χ2v) is 10.5. The van der Waals surface area contributed by atoms with Crippen LogP contribution in [0.2, 0.25) is 0 Å². The molecule has 1 fully saturated rings. The number of aromatic nitrogens is 2. The van der Waals surface area contributed by atoms with E-state index in [1.165, 1.54) is 34.4 Å². The molecular weight excluding hydrogens is 541 g/mol. The molecule has 9 heteroatoms. The normalized spacial score (nSPS) is 15.1. The Kier molecular flexibility index (Phi) is 10.3. The van der Waals surface area contributed by atoms with Crippen molar-refractivity contribution in [1.29, 1.82) is 0 Å². The van der Waals surface area contributed by atoms with Gasteiger partial charge in [0.25, 0.3) is 6.02 Å². The first-order chi connectivity index (χ1) is 21.0. The molecule has 3 N–H and O–H groups in total. The zero-order chi connectivity index (χ0) is 29.9. The van der Waals surface area contributed by atoms with Crippen LogP contribution in [0.1, 0.15) is 45.5 Å². The van der Waals surface area contributed by atoms with Crippen LogP contribution in [-0.4, -0.2) is 48.2 Å². The van der Waals surface area contributed by atoms with E-state index in [2.05, 4.69) is 75.1 Å². The molecule has 0 bridgehead atoms. The van der Waals surface area contributed by atoms with Crippen molar-refractivity contribution < 1.29 is 9.13 Å². The minimum Gasteiger partial charge on any atom is -0.463 e. The number of rotatable bonds is 8. The van der Waals surface area contributed by atoms with Crippen molar-refractivity contribution in [3.8, 4) is 0 Å². The Morgan fingerprint density at radius 2 is 1.56 bits per heavy atom.